The Morgan fingerprint density at radius 3 is 2.58 bits per heavy atom. The smallest absolute Gasteiger partial charge is 0.397 e. The number of aryl methyl sites for hydroxylation is 1. The summed E-state index contributed by atoms with van der Waals surface area (Å²) in [7, 11) is -4.83. The van der Waals surface area contributed by atoms with Gasteiger partial charge in [0.15, 0.2) is 0 Å². The molecule has 1 aliphatic rings. The van der Waals surface area contributed by atoms with Gasteiger partial charge in [0.2, 0.25) is 12.2 Å². The van der Waals surface area contributed by atoms with Crippen LogP contribution in [0.4, 0.5) is 0 Å². The first kappa shape index (κ1) is 23.1. The van der Waals surface area contributed by atoms with Crippen molar-refractivity contribution in [1.82, 2.24) is 5.32 Å². The molecule has 0 aliphatic carbocycles. The molecule has 4 N–H and O–H groups in total. The molecule has 1 aliphatic heterocycles. The summed E-state index contributed by atoms with van der Waals surface area (Å²) in [4.78, 5) is 23.2. The number of hydrogen-bond acceptors (Lipinski definition) is 10. The summed E-state index contributed by atoms with van der Waals surface area (Å²) in [5.74, 6) is -0.416. The molecule has 12 nitrogen and oxygen atoms in total. The van der Waals surface area contributed by atoms with Crippen molar-refractivity contribution in [1.29, 1.82) is 0 Å². The molecule has 1 aromatic heterocycles. The second kappa shape index (κ2) is 8.90. The second-order valence-electron chi connectivity index (χ2n) is 6.99. The number of hydrogen-bond donors (Lipinski definition) is 4. The van der Waals surface area contributed by atoms with Crippen LogP contribution in [0, 0.1) is 6.92 Å². The first-order chi connectivity index (χ1) is 14.4. The van der Waals surface area contributed by atoms with E-state index in [4.69, 9.17) is 18.4 Å². The molecule has 1 unspecified atom stereocenters. The third kappa shape index (κ3) is 5.58. The number of carbonyl (C=O) groups excluding carboxylic acids is 1. The van der Waals surface area contributed by atoms with Crippen molar-refractivity contribution in [3.63, 3.8) is 0 Å². The number of aliphatic hydroxyl groups is 2. The van der Waals surface area contributed by atoms with Gasteiger partial charge in [-0.25, -0.2) is 8.98 Å². The van der Waals surface area contributed by atoms with E-state index in [1.54, 1.807) is 13.0 Å². The van der Waals surface area contributed by atoms with Crippen LogP contribution in [0.15, 0.2) is 33.5 Å². The fourth-order valence-corrected chi connectivity index (χ4v) is 3.53. The van der Waals surface area contributed by atoms with Crippen LogP contribution in [-0.4, -0.2) is 66.3 Å². The number of ether oxygens (including phenoxy) is 2. The average Bonchev–Trinajstić information content (AvgIpc) is 2.65. The number of carbonyl (C=O) groups is 1. The minimum absolute atomic E-state index is 0.139. The van der Waals surface area contributed by atoms with Crippen LogP contribution in [-0.2, 0) is 24.1 Å². The van der Waals surface area contributed by atoms with Crippen molar-refractivity contribution in [3.8, 4) is 5.75 Å². The largest absolute Gasteiger partial charge is 0.462 e. The van der Waals surface area contributed by atoms with Crippen LogP contribution in [0.1, 0.15) is 12.5 Å². The molecule has 2 aromatic rings. The van der Waals surface area contributed by atoms with Crippen LogP contribution in [0.2, 0.25) is 0 Å². The molecule has 1 aromatic carbocycles. The predicted octanol–water partition coefficient (Wildman–Crippen LogP) is -0.749. The standard InChI is InChI=1S/C18H21NO11S/c1-8-5-14(21)29-12-6-10(3-4-11(8)12)28-18-15(19-9(2)20)17(23)16(22)13(30-18)7-27-31(24,25)26/h3-6,13,15-18,22-23H,7H2,1-2H3,(H,19,20)(H,24,25,26)/t13-,15-,16-,17-,18?/m1/s1. The fraction of sp³-hybridized carbons (Fsp3) is 0.444. The lowest BCUT2D eigenvalue weighted by Gasteiger charge is -2.42. The van der Waals surface area contributed by atoms with Gasteiger partial charge in [0.25, 0.3) is 0 Å². The van der Waals surface area contributed by atoms with Gasteiger partial charge in [-0.15, -0.1) is 0 Å². The minimum Gasteiger partial charge on any atom is -0.462 e. The van der Waals surface area contributed by atoms with Gasteiger partial charge in [0, 0.05) is 24.4 Å². The summed E-state index contributed by atoms with van der Waals surface area (Å²) in [5.41, 5.74) is 0.346. The van der Waals surface area contributed by atoms with E-state index in [0.717, 1.165) is 0 Å². The maximum atomic E-state index is 11.6. The summed E-state index contributed by atoms with van der Waals surface area (Å²) in [6.07, 6.45) is -6.12. The van der Waals surface area contributed by atoms with Crippen molar-refractivity contribution >= 4 is 27.3 Å². The molecule has 1 saturated heterocycles. The highest BCUT2D eigenvalue weighted by Crippen LogP contribution is 2.27. The van der Waals surface area contributed by atoms with Crippen LogP contribution >= 0.6 is 0 Å². The third-order valence-electron chi connectivity index (χ3n) is 4.63. The Morgan fingerprint density at radius 1 is 1.23 bits per heavy atom. The lowest BCUT2D eigenvalue weighted by molar-refractivity contribution is -0.242. The number of nitrogens with one attached hydrogen (secondary N) is 1. The SMILES string of the molecule is CC(=O)N[C@H]1C(Oc2ccc3c(C)cc(=O)oc3c2)O[C@H](COS(=O)(=O)O)[C@@H](O)[C@@H]1O. The summed E-state index contributed by atoms with van der Waals surface area (Å²) >= 11 is 0. The molecule has 0 radical (unpaired) electrons. The van der Waals surface area contributed by atoms with Crippen molar-refractivity contribution in [2.75, 3.05) is 6.61 Å². The molecular weight excluding hydrogens is 438 g/mol. The van der Waals surface area contributed by atoms with Crippen LogP contribution < -0.4 is 15.7 Å². The van der Waals surface area contributed by atoms with Gasteiger partial charge in [0.1, 0.15) is 35.7 Å². The lowest BCUT2D eigenvalue weighted by atomic mass is 9.97. The minimum atomic E-state index is -4.83. The summed E-state index contributed by atoms with van der Waals surface area (Å²) in [6.45, 7) is 2.08. The fourth-order valence-electron chi connectivity index (χ4n) is 3.22. The normalized spacial score (nSPS) is 26.5. The molecule has 1 amide bonds. The van der Waals surface area contributed by atoms with Gasteiger partial charge in [0.05, 0.1) is 6.61 Å². The third-order valence-corrected chi connectivity index (χ3v) is 5.06. The number of amides is 1. The Morgan fingerprint density at radius 2 is 1.94 bits per heavy atom. The number of aliphatic hydroxyl groups excluding tert-OH is 2. The second-order valence-corrected chi connectivity index (χ2v) is 8.08. The molecular formula is C18H21NO11S. The molecule has 170 valence electrons. The van der Waals surface area contributed by atoms with E-state index < -0.39 is 59.2 Å². The summed E-state index contributed by atoms with van der Waals surface area (Å²) in [5, 5.41) is 23.7. The van der Waals surface area contributed by atoms with E-state index in [-0.39, 0.29) is 11.3 Å². The Labute approximate surface area is 176 Å². The number of rotatable bonds is 6. The quantitative estimate of drug-likeness (QED) is 0.315. The van der Waals surface area contributed by atoms with Gasteiger partial charge in [-0.3, -0.25) is 9.35 Å². The van der Waals surface area contributed by atoms with Gasteiger partial charge >= 0.3 is 16.0 Å². The predicted molar refractivity (Wildman–Crippen MR) is 104 cm³/mol. The van der Waals surface area contributed by atoms with Gasteiger partial charge in [-0.2, -0.15) is 8.42 Å². The van der Waals surface area contributed by atoms with E-state index in [1.807, 2.05) is 0 Å². The molecule has 13 heteroatoms. The van der Waals surface area contributed by atoms with E-state index in [9.17, 15) is 28.2 Å². The highest BCUT2D eigenvalue weighted by Gasteiger charge is 2.46. The van der Waals surface area contributed by atoms with Crippen LogP contribution in [0.25, 0.3) is 11.0 Å². The maximum Gasteiger partial charge on any atom is 0.397 e. The summed E-state index contributed by atoms with van der Waals surface area (Å²) in [6, 6.07) is 4.65. The number of fused-ring (bicyclic) bond motifs is 1. The lowest BCUT2D eigenvalue weighted by Crippen LogP contribution is -2.65. The van der Waals surface area contributed by atoms with Crippen molar-refractivity contribution < 1.29 is 46.1 Å². The highest BCUT2D eigenvalue weighted by atomic mass is 32.3. The van der Waals surface area contributed by atoms with Gasteiger partial charge in [-0.1, -0.05) is 0 Å². The Hall–Kier alpha value is -2.55. The first-order valence-corrected chi connectivity index (χ1v) is 10.4. The molecule has 0 saturated carbocycles. The molecule has 1 fully saturated rings. The molecule has 0 spiro atoms. The highest BCUT2D eigenvalue weighted by molar-refractivity contribution is 7.80. The average molecular weight is 459 g/mol. The number of benzene rings is 1. The van der Waals surface area contributed by atoms with Crippen molar-refractivity contribution in [2.45, 2.75) is 44.5 Å². The van der Waals surface area contributed by atoms with E-state index in [2.05, 4.69) is 9.50 Å². The van der Waals surface area contributed by atoms with E-state index in [1.165, 1.54) is 25.1 Å². The molecule has 0 bridgehead atoms. The Kier molecular flexibility index (Phi) is 6.64. The van der Waals surface area contributed by atoms with E-state index in [0.29, 0.717) is 10.9 Å². The molecule has 31 heavy (non-hydrogen) atoms. The zero-order valence-electron chi connectivity index (χ0n) is 16.4. The Bertz CT molecular complexity index is 1130. The van der Waals surface area contributed by atoms with Gasteiger partial charge in [-0.05, 0) is 24.6 Å². The monoisotopic (exact) mass is 459 g/mol. The van der Waals surface area contributed by atoms with Gasteiger partial charge < -0.3 is 29.4 Å². The zero-order chi connectivity index (χ0) is 22.9. The first-order valence-electron chi connectivity index (χ1n) is 9.06. The van der Waals surface area contributed by atoms with Crippen molar-refractivity contribution in [2.24, 2.45) is 0 Å². The van der Waals surface area contributed by atoms with E-state index >= 15 is 0 Å². The molecule has 5 atom stereocenters. The maximum absolute atomic E-state index is 11.6. The van der Waals surface area contributed by atoms with Crippen molar-refractivity contribution in [3.05, 3.63) is 40.2 Å². The topological polar surface area (TPSA) is 182 Å². The molecule has 3 rings (SSSR count). The van der Waals surface area contributed by atoms with Crippen LogP contribution in [0.3, 0.4) is 0 Å². The Balaban J connectivity index is 1.89. The molecule has 2 heterocycles. The summed E-state index contributed by atoms with van der Waals surface area (Å²) < 4.78 is 51.0. The zero-order valence-corrected chi connectivity index (χ0v) is 17.2. The van der Waals surface area contributed by atoms with Crippen LogP contribution in [0.5, 0.6) is 5.75 Å².